The van der Waals surface area contributed by atoms with Crippen LogP contribution in [0.15, 0.2) is 28.8 Å². The summed E-state index contributed by atoms with van der Waals surface area (Å²) in [7, 11) is -3.21. The van der Waals surface area contributed by atoms with E-state index in [-0.39, 0.29) is 5.82 Å². The van der Waals surface area contributed by atoms with Gasteiger partial charge in [0.1, 0.15) is 5.25 Å². The van der Waals surface area contributed by atoms with E-state index in [1.165, 1.54) is 5.56 Å². The number of aromatic nitrogens is 2. The summed E-state index contributed by atoms with van der Waals surface area (Å²) in [5.74, 6) is 0.642. The summed E-state index contributed by atoms with van der Waals surface area (Å²) in [5.41, 5.74) is 2.22. The quantitative estimate of drug-likeness (QED) is 0.880. The molecule has 114 valence electrons. The lowest BCUT2D eigenvalue weighted by molar-refractivity contribution is 0.375. The highest BCUT2D eigenvalue weighted by Gasteiger charge is 2.22. The van der Waals surface area contributed by atoms with Crippen molar-refractivity contribution in [2.24, 2.45) is 0 Å². The highest BCUT2D eigenvalue weighted by atomic mass is 32.2. The molecule has 1 atom stereocenters. The molecule has 7 heteroatoms. The Balaban J connectivity index is 1.90. The summed E-state index contributed by atoms with van der Waals surface area (Å²) < 4.78 is 27.9. The molecular formula is C14H19N3O3S. The molecule has 0 bridgehead atoms. The fraction of sp³-hybridized carbons (Fsp3) is 0.429. The van der Waals surface area contributed by atoms with Crippen molar-refractivity contribution in [1.82, 2.24) is 10.1 Å². The van der Waals surface area contributed by atoms with Gasteiger partial charge in [-0.15, -0.1) is 0 Å². The van der Waals surface area contributed by atoms with Gasteiger partial charge in [0, 0.05) is 24.9 Å². The van der Waals surface area contributed by atoms with Crippen LogP contribution in [0.25, 0.3) is 0 Å². The van der Waals surface area contributed by atoms with E-state index in [0.717, 1.165) is 11.9 Å². The number of benzene rings is 1. The standard InChI is InChI=1S/C14H19N3O3S/c1-10-4-6-12(7-5-10)15-9-8-13-16-14(17-20-13)11(2)21(3,18)19/h4-7,11,15H,8-9H2,1-3H3. The van der Waals surface area contributed by atoms with Gasteiger partial charge in [0.2, 0.25) is 5.89 Å². The van der Waals surface area contributed by atoms with Crippen LogP contribution < -0.4 is 5.32 Å². The van der Waals surface area contributed by atoms with Crippen LogP contribution in [0.1, 0.15) is 29.5 Å². The molecule has 1 aromatic carbocycles. The maximum Gasteiger partial charge on any atom is 0.228 e. The van der Waals surface area contributed by atoms with Crippen LogP contribution in [0.5, 0.6) is 0 Å². The molecule has 1 heterocycles. The zero-order chi connectivity index (χ0) is 15.5. The number of sulfone groups is 1. The van der Waals surface area contributed by atoms with E-state index in [2.05, 4.69) is 15.5 Å². The minimum Gasteiger partial charge on any atom is -0.385 e. The van der Waals surface area contributed by atoms with Crippen molar-refractivity contribution >= 4 is 15.5 Å². The van der Waals surface area contributed by atoms with Crippen LogP contribution >= 0.6 is 0 Å². The van der Waals surface area contributed by atoms with Gasteiger partial charge in [-0.1, -0.05) is 22.9 Å². The first-order valence-corrected chi connectivity index (χ1v) is 8.63. The Bertz CT molecular complexity index is 693. The topological polar surface area (TPSA) is 85.1 Å². The third-order valence-corrected chi connectivity index (χ3v) is 4.70. The highest BCUT2D eigenvalue weighted by molar-refractivity contribution is 7.90. The third-order valence-electron chi connectivity index (χ3n) is 3.21. The Labute approximate surface area is 124 Å². The molecule has 0 fully saturated rings. The molecule has 0 aliphatic carbocycles. The zero-order valence-electron chi connectivity index (χ0n) is 12.3. The van der Waals surface area contributed by atoms with Crippen LogP contribution in [0.2, 0.25) is 0 Å². The summed E-state index contributed by atoms with van der Waals surface area (Å²) >= 11 is 0. The maximum absolute atomic E-state index is 11.4. The van der Waals surface area contributed by atoms with Crippen LogP contribution in [-0.4, -0.2) is 31.4 Å². The van der Waals surface area contributed by atoms with Crippen molar-refractivity contribution in [3.05, 3.63) is 41.5 Å². The van der Waals surface area contributed by atoms with Crippen LogP contribution in [0.4, 0.5) is 5.69 Å². The molecule has 2 rings (SSSR count). The van der Waals surface area contributed by atoms with Gasteiger partial charge in [0.25, 0.3) is 0 Å². The second kappa shape index (κ2) is 6.26. The first-order chi connectivity index (χ1) is 9.86. The van der Waals surface area contributed by atoms with E-state index in [1.54, 1.807) is 6.92 Å². The van der Waals surface area contributed by atoms with Gasteiger partial charge in [-0.25, -0.2) is 8.42 Å². The van der Waals surface area contributed by atoms with E-state index >= 15 is 0 Å². The Morgan fingerprint density at radius 1 is 1.29 bits per heavy atom. The second-order valence-electron chi connectivity index (χ2n) is 5.06. The van der Waals surface area contributed by atoms with Gasteiger partial charge >= 0.3 is 0 Å². The highest BCUT2D eigenvalue weighted by Crippen LogP contribution is 2.17. The molecule has 21 heavy (non-hydrogen) atoms. The molecule has 1 aromatic heterocycles. The number of aryl methyl sites for hydroxylation is 1. The van der Waals surface area contributed by atoms with Crippen LogP contribution in [0, 0.1) is 6.92 Å². The average Bonchev–Trinajstić information content (AvgIpc) is 2.88. The molecule has 0 aliphatic rings. The molecule has 0 radical (unpaired) electrons. The van der Waals surface area contributed by atoms with E-state index in [0.29, 0.717) is 18.9 Å². The van der Waals surface area contributed by atoms with Gasteiger partial charge in [-0.05, 0) is 26.0 Å². The third kappa shape index (κ3) is 4.29. The lowest BCUT2D eigenvalue weighted by Gasteiger charge is -2.04. The normalized spacial score (nSPS) is 13.1. The molecule has 1 unspecified atom stereocenters. The zero-order valence-corrected chi connectivity index (χ0v) is 13.1. The van der Waals surface area contributed by atoms with Crippen molar-refractivity contribution in [1.29, 1.82) is 0 Å². The molecule has 0 spiro atoms. The van der Waals surface area contributed by atoms with Gasteiger partial charge in [-0.3, -0.25) is 0 Å². The Morgan fingerprint density at radius 2 is 1.95 bits per heavy atom. The molecule has 0 amide bonds. The Kier molecular flexibility index (Phi) is 4.62. The SMILES string of the molecule is Cc1ccc(NCCc2nc(C(C)S(C)(=O)=O)no2)cc1. The van der Waals surface area contributed by atoms with Crippen LogP contribution in [0.3, 0.4) is 0 Å². The van der Waals surface area contributed by atoms with Gasteiger partial charge in [0.05, 0.1) is 0 Å². The summed E-state index contributed by atoms with van der Waals surface area (Å²) in [4.78, 5) is 4.12. The van der Waals surface area contributed by atoms with E-state index < -0.39 is 15.1 Å². The van der Waals surface area contributed by atoms with E-state index in [9.17, 15) is 8.42 Å². The number of rotatable bonds is 6. The summed E-state index contributed by atoms with van der Waals surface area (Å²) in [6, 6.07) is 8.06. The molecule has 2 aromatic rings. The fourth-order valence-electron chi connectivity index (χ4n) is 1.71. The van der Waals surface area contributed by atoms with Crippen molar-refractivity contribution in [3.63, 3.8) is 0 Å². The lowest BCUT2D eigenvalue weighted by atomic mass is 10.2. The second-order valence-corrected chi connectivity index (χ2v) is 7.43. The minimum atomic E-state index is -3.21. The Hall–Kier alpha value is -1.89. The monoisotopic (exact) mass is 309 g/mol. The smallest absolute Gasteiger partial charge is 0.228 e. The molecular weight excluding hydrogens is 290 g/mol. The van der Waals surface area contributed by atoms with Crippen molar-refractivity contribution in [3.8, 4) is 0 Å². The summed E-state index contributed by atoms with van der Waals surface area (Å²) in [6.07, 6.45) is 1.70. The number of hydrogen-bond acceptors (Lipinski definition) is 6. The lowest BCUT2D eigenvalue weighted by Crippen LogP contribution is -2.09. The first kappa shape index (κ1) is 15.5. The number of nitrogens with zero attached hydrogens (tertiary/aromatic N) is 2. The van der Waals surface area contributed by atoms with Gasteiger partial charge in [0.15, 0.2) is 15.7 Å². The number of hydrogen-bond donors (Lipinski definition) is 1. The summed E-state index contributed by atoms with van der Waals surface area (Å²) in [6.45, 7) is 4.22. The van der Waals surface area contributed by atoms with Crippen molar-refractivity contribution < 1.29 is 12.9 Å². The molecule has 6 nitrogen and oxygen atoms in total. The molecule has 0 saturated heterocycles. The van der Waals surface area contributed by atoms with Crippen molar-refractivity contribution in [2.45, 2.75) is 25.5 Å². The van der Waals surface area contributed by atoms with Gasteiger partial charge < -0.3 is 9.84 Å². The predicted molar refractivity (Wildman–Crippen MR) is 80.9 cm³/mol. The van der Waals surface area contributed by atoms with Crippen LogP contribution in [-0.2, 0) is 16.3 Å². The molecule has 1 N–H and O–H groups in total. The summed E-state index contributed by atoms with van der Waals surface area (Å²) in [5, 5.41) is 6.22. The van der Waals surface area contributed by atoms with E-state index in [4.69, 9.17) is 4.52 Å². The van der Waals surface area contributed by atoms with Gasteiger partial charge in [-0.2, -0.15) is 4.98 Å². The minimum absolute atomic E-state index is 0.211. The molecule has 0 saturated carbocycles. The number of anilines is 1. The maximum atomic E-state index is 11.4. The fourth-order valence-corrected chi connectivity index (χ4v) is 2.19. The van der Waals surface area contributed by atoms with E-state index in [1.807, 2.05) is 31.2 Å². The predicted octanol–water partition coefficient (Wildman–Crippen LogP) is 2.14. The Morgan fingerprint density at radius 3 is 2.57 bits per heavy atom. The molecule has 0 aliphatic heterocycles. The largest absolute Gasteiger partial charge is 0.385 e. The number of nitrogens with one attached hydrogen (secondary N) is 1. The first-order valence-electron chi connectivity index (χ1n) is 6.68. The van der Waals surface area contributed by atoms with Crippen molar-refractivity contribution in [2.75, 3.05) is 18.1 Å². The average molecular weight is 309 g/mol.